The van der Waals surface area contributed by atoms with E-state index < -0.39 is 0 Å². The highest BCUT2D eigenvalue weighted by atomic mass is 35.5. The highest BCUT2D eigenvalue weighted by molar-refractivity contribution is 6.30. The third-order valence-corrected chi connectivity index (χ3v) is 5.49. The second-order valence-electron chi connectivity index (χ2n) is 7.15. The van der Waals surface area contributed by atoms with Crippen LogP contribution in [0, 0.1) is 0 Å². The number of ether oxygens (including phenoxy) is 1. The van der Waals surface area contributed by atoms with Crippen molar-refractivity contribution < 1.29 is 9.53 Å². The van der Waals surface area contributed by atoms with E-state index >= 15 is 0 Å². The van der Waals surface area contributed by atoms with E-state index in [9.17, 15) is 9.59 Å². The number of amides is 1. The lowest BCUT2D eigenvalue weighted by Gasteiger charge is -2.35. The molecular weight excluding hydrogens is 366 g/mol. The largest absolute Gasteiger partial charge is 0.371 e. The van der Waals surface area contributed by atoms with Gasteiger partial charge in [0.25, 0.3) is 5.56 Å². The van der Waals surface area contributed by atoms with Gasteiger partial charge in [0.2, 0.25) is 5.91 Å². The smallest absolute Gasteiger partial charge is 0.250 e. The van der Waals surface area contributed by atoms with Gasteiger partial charge in [-0.05, 0) is 30.2 Å². The topological polar surface area (TPSA) is 63.6 Å². The average molecular weight is 388 g/mol. The molecule has 2 aliphatic rings. The van der Waals surface area contributed by atoms with E-state index in [0.29, 0.717) is 17.7 Å². The first kappa shape index (κ1) is 18.2. The predicted octanol–water partition coefficient (Wildman–Crippen LogP) is 1.83. The van der Waals surface area contributed by atoms with Gasteiger partial charge in [-0.3, -0.25) is 14.5 Å². The van der Waals surface area contributed by atoms with Gasteiger partial charge in [-0.2, -0.15) is 0 Å². The molecule has 0 aliphatic carbocycles. The number of halogens is 1. The number of nitrogens with one attached hydrogen (secondary N) is 1. The van der Waals surface area contributed by atoms with Crippen LogP contribution in [0.15, 0.2) is 53.5 Å². The Labute approximate surface area is 162 Å². The van der Waals surface area contributed by atoms with Crippen molar-refractivity contribution in [3.8, 4) is 0 Å². The first-order valence-electron chi connectivity index (χ1n) is 9.14. The van der Waals surface area contributed by atoms with Crippen LogP contribution in [0.1, 0.15) is 18.1 Å². The number of fused-ring (bicyclic) bond motifs is 1. The summed E-state index contributed by atoms with van der Waals surface area (Å²) in [6, 6.07) is 13.0. The summed E-state index contributed by atoms with van der Waals surface area (Å²) in [6.07, 6.45) is 2.52. The summed E-state index contributed by atoms with van der Waals surface area (Å²) in [4.78, 5) is 26.4. The second-order valence-corrected chi connectivity index (χ2v) is 7.58. The van der Waals surface area contributed by atoms with E-state index in [-0.39, 0.29) is 30.2 Å². The van der Waals surface area contributed by atoms with Gasteiger partial charge >= 0.3 is 0 Å². The van der Waals surface area contributed by atoms with Crippen molar-refractivity contribution >= 4 is 17.5 Å². The monoisotopic (exact) mass is 387 g/mol. The van der Waals surface area contributed by atoms with Gasteiger partial charge in [0.1, 0.15) is 6.54 Å². The second kappa shape index (κ2) is 7.84. The SMILES string of the molecule is O=C(Cn1ccccc1=O)N[C@H]1C[C@H]2CO[C@@H](c3ccc(Cl)cc3)CN2C1. The first-order valence-corrected chi connectivity index (χ1v) is 9.52. The Kier molecular flexibility index (Phi) is 5.29. The lowest BCUT2D eigenvalue weighted by Crippen LogP contribution is -2.43. The molecule has 0 bridgehead atoms. The average Bonchev–Trinajstić information content (AvgIpc) is 3.05. The third kappa shape index (κ3) is 4.24. The standard InChI is InChI=1S/C20H22ClN3O3/c21-15-6-4-14(5-7-15)18-11-24-10-16(9-17(24)13-27-18)22-19(25)12-23-8-2-1-3-20(23)26/h1-8,16-18H,9-13H2,(H,22,25)/t16-,17-,18+/m0/s1. The van der Waals surface area contributed by atoms with Gasteiger partial charge in [0, 0.05) is 42.5 Å². The van der Waals surface area contributed by atoms with Crippen molar-refractivity contribution in [3.63, 3.8) is 0 Å². The summed E-state index contributed by atoms with van der Waals surface area (Å²) >= 11 is 5.96. The van der Waals surface area contributed by atoms with E-state index in [2.05, 4.69) is 10.2 Å². The van der Waals surface area contributed by atoms with Crippen LogP contribution in [0.4, 0.5) is 0 Å². The van der Waals surface area contributed by atoms with Gasteiger partial charge in [-0.15, -0.1) is 0 Å². The molecule has 7 heteroatoms. The van der Waals surface area contributed by atoms with E-state index in [0.717, 1.165) is 25.1 Å². The van der Waals surface area contributed by atoms with Crippen LogP contribution in [0.5, 0.6) is 0 Å². The molecule has 0 spiro atoms. The third-order valence-electron chi connectivity index (χ3n) is 5.24. The molecule has 0 radical (unpaired) electrons. The van der Waals surface area contributed by atoms with Crippen LogP contribution in [-0.4, -0.2) is 47.2 Å². The molecule has 1 amide bonds. The number of pyridine rings is 1. The van der Waals surface area contributed by atoms with Crippen molar-refractivity contribution in [2.45, 2.75) is 31.2 Å². The Morgan fingerprint density at radius 2 is 2.00 bits per heavy atom. The molecule has 3 heterocycles. The summed E-state index contributed by atoms with van der Waals surface area (Å²) in [7, 11) is 0. The maximum atomic E-state index is 12.3. The number of morpholine rings is 1. The van der Waals surface area contributed by atoms with E-state index in [4.69, 9.17) is 16.3 Å². The molecule has 2 aromatic rings. The number of aromatic nitrogens is 1. The number of hydrogen-bond acceptors (Lipinski definition) is 4. The Hall–Kier alpha value is -2.15. The first-order chi connectivity index (χ1) is 13.1. The summed E-state index contributed by atoms with van der Waals surface area (Å²) < 4.78 is 7.45. The van der Waals surface area contributed by atoms with Crippen LogP contribution in [-0.2, 0) is 16.1 Å². The summed E-state index contributed by atoms with van der Waals surface area (Å²) in [5.41, 5.74) is 0.949. The summed E-state index contributed by atoms with van der Waals surface area (Å²) in [6.45, 7) is 2.30. The number of rotatable bonds is 4. The van der Waals surface area contributed by atoms with E-state index in [1.54, 1.807) is 18.3 Å². The quantitative estimate of drug-likeness (QED) is 0.869. The number of carbonyl (C=O) groups excluding carboxylic acids is 1. The molecule has 142 valence electrons. The van der Waals surface area contributed by atoms with Crippen LogP contribution in [0.3, 0.4) is 0 Å². The molecule has 2 fully saturated rings. The normalized spacial score (nSPS) is 25.1. The zero-order chi connectivity index (χ0) is 18.8. The van der Waals surface area contributed by atoms with Crippen molar-refractivity contribution in [1.82, 2.24) is 14.8 Å². The molecule has 1 N–H and O–H groups in total. The fraction of sp³-hybridized carbons (Fsp3) is 0.400. The summed E-state index contributed by atoms with van der Waals surface area (Å²) in [5, 5.41) is 3.78. The molecule has 4 rings (SSSR count). The predicted molar refractivity (Wildman–Crippen MR) is 103 cm³/mol. The van der Waals surface area contributed by atoms with E-state index in [1.807, 2.05) is 24.3 Å². The lowest BCUT2D eigenvalue weighted by molar-refractivity contribution is -0.122. The Bertz CT molecular complexity index is 867. The van der Waals surface area contributed by atoms with Crippen molar-refractivity contribution in [3.05, 3.63) is 69.6 Å². The van der Waals surface area contributed by atoms with Gasteiger partial charge < -0.3 is 14.6 Å². The number of benzene rings is 1. The fourth-order valence-corrected chi connectivity index (χ4v) is 4.00. The zero-order valence-electron chi connectivity index (χ0n) is 14.9. The van der Waals surface area contributed by atoms with Crippen molar-refractivity contribution in [1.29, 1.82) is 0 Å². The molecule has 1 aromatic carbocycles. The fourth-order valence-electron chi connectivity index (χ4n) is 3.88. The molecule has 2 aliphatic heterocycles. The molecule has 1 aromatic heterocycles. The summed E-state index contributed by atoms with van der Waals surface area (Å²) in [5.74, 6) is -0.136. The molecule has 2 saturated heterocycles. The molecule has 6 nitrogen and oxygen atoms in total. The minimum atomic E-state index is -0.171. The minimum absolute atomic E-state index is 0.0239. The minimum Gasteiger partial charge on any atom is -0.371 e. The van der Waals surface area contributed by atoms with Crippen LogP contribution >= 0.6 is 11.6 Å². The van der Waals surface area contributed by atoms with Crippen LogP contribution in [0.25, 0.3) is 0 Å². The molecule has 3 atom stereocenters. The van der Waals surface area contributed by atoms with Gasteiger partial charge in [-0.1, -0.05) is 29.8 Å². The maximum Gasteiger partial charge on any atom is 0.250 e. The molecule has 27 heavy (non-hydrogen) atoms. The van der Waals surface area contributed by atoms with Gasteiger partial charge in [-0.25, -0.2) is 0 Å². The number of carbonyl (C=O) groups is 1. The molecule has 0 unspecified atom stereocenters. The van der Waals surface area contributed by atoms with Gasteiger partial charge in [0.05, 0.1) is 12.7 Å². The Morgan fingerprint density at radius 1 is 1.19 bits per heavy atom. The number of hydrogen-bond donors (Lipinski definition) is 1. The maximum absolute atomic E-state index is 12.3. The van der Waals surface area contributed by atoms with E-state index in [1.165, 1.54) is 10.6 Å². The zero-order valence-corrected chi connectivity index (χ0v) is 15.6. The lowest BCUT2D eigenvalue weighted by atomic mass is 10.1. The Balaban J connectivity index is 1.33. The van der Waals surface area contributed by atoms with Crippen molar-refractivity contribution in [2.75, 3.05) is 19.7 Å². The van der Waals surface area contributed by atoms with Crippen molar-refractivity contribution in [2.24, 2.45) is 0 Å². The van der Waals surface area contributed by atoms with Gasteiger partial charge in [0.15, 0.2) is 0 Å². The molecule has 0 saturated carbocycles. The Morgan fingerprint density at radius 3 is 2.78 bits per heavy atom. The number of nitrogens with zero attached hydrogens (tertiary/aromatic N) is 2. The van der Waals surface area contributed by atoms with Crippen LogP contribution in [0.2, 0.25) is 5.02 Å². The highest BCUT2D eigenvalue weighted by Crippen LogP contribution is 2.30. The van der Waals surface area contributed by atoms with Crippen LogP contribution < -0.4 is 10.9 Å². The highest BCUT2D eigenvalue weighted by Gasteiger charge is 2.38. The molecular formula is C20H22ClN3O3.